The van der Waals surface area contributed by atoms with Crippen LogP contribution in [0.1, 0.15) is 0 Å². The number of halogens is 1. The third kappa shape index (κ3) is 4.02. The Bertz CT molecular complexity index is 1340. The molecule has 2 aromatic carbocycles. The molecule has 4 aromatic rings. The average Bonchev–Trinajstić information content (AvgIpc) is 3.30. The lowest BCUT2D eigenvalue weighted by Crippen LogP contribution is -2.44. The van der Waals surface area contributed by atoms with Crippen LogP contribution in [0.25, 0.3) is 21.1 Å². The number of likely N-dealkylation sites (N-methyl/N-ethyl adjacent to an activating group) is 1. The van der Waals surface area contributed by atoms with Gasteiger partial charge < -0.3 is 24.6 Å². The van der Waals surface area contributed by atoms with Crippen LogP contribution < -0.4 is 15.0 Å². The normalized spacial score (nSPS) is 17.3. The van der Waals surface area contributed by atoms with Gasteiger partial charge in [0.05, 0.1) is 52.1 Å². The molecule has 176 valence electrons. The van der Waals surface area contributed by atoms with Gasteiger partial charge >= 0.3 is 0 Å². The van der Waals surface area contributed by atoms with Gasteiger partial charge in [-0.25, -0.2) is 19.3 Å². The fourth-order valence-corrected chi connectivity index (χ4v) is 5.03. The third-order valence-corrected chi connectivity index (χ3v) is 7.26. The van der Waals surface area contributed by atoms with Gasteiger partial charge in [0.1, 0.15) is 17.9 Å². The maximum absolute atomic E-state index is 15.1. The minimum atomic E-state index is -0.338. The lowest BCUT2D eigenvalue weighted by atomic mass is 10.1. The van der Waals surface area contributed by atoms with Crippen LogP contribution in [0.2, 0.25) is 0 Å². The summed E-state index contributed by atoms with van der Waals surface area (Å²) in [6.45, 7) is 5.85. The van der Waals surface area contributed by atoms with Crippen LogP contribution in [0.3, 0.4) is 0 Å². The van der Waals surface area contributed by atoms with Crippen LogP contribution in [0.4, 0.5) is 21.6 Å². The van der Waals surface area contributed by atoms with Gasteiger partial charge in [-0.3, -0.25) is 0 Å². The number of thiazole rings is 1. The predicted molar refractivity (Wildman–Crippen MR) is 132 cm³/mol. The van der Waals surface area contributed by atoms with Crippen LogP contribution in [-0.2, 0) is 4.74 Å². The fraction of sp³-hybridized carbons (Fsp3) is 0.375. The van der Waals surface area contributed by atoms with Crippen LogP contribution >= 0.6 is 11.3 Å². The number of nitrogens with one attached hydrogen (secondary N) is 1. The lowest BCUT2D eigenvalue weighted by molar-refractivity contribution is -0.0506. The summed E-state index contributed by atoms with van der Waals surface area (Å²) >= 11 is 1.28. The first kappa shape index (κ1) is 21.5. The number of benzene rings is 2. The smallest absolute Gasteiger partial charge is 0.166 e. The van der Waals surface area contributed by atoms with Crippen molar-refractivity contribution in [3.05, 3.63) is 41.9 Å². The number of anilines is 3. The van der Waals surface area contributed by atoms with E-state index < -0.39 is 0 Å². The van der Waals surface area contributed by atoms with Gasteiger partial charge in [-0.15, -0.1) is 11.3 Å². The molecule has 34 heavy (non-hydrogen) atoms. The number of fused-ring (bicyclic) bond motifs is 2. The second-order valence-electron chi connectivity index (χ2n) is 8.82. The van der Waals surface area contributed by atoms with Crippen molar-refractivity contribution >= 4 is 49.6 Å². The molecule has 0 unspecified atom stereocenters. The molecular formula is C24H25FN6O2S. The van der Waals surface area contributed by atoms with E-state index in [9.17, 15) is 0 Å². The molecule has 4 heterocycles. The molecule has 2 aromatic heterocycles. The molecule has 2 fully saturated rings. The van der Waals surface area contributed by atoms with Crippen molar-refractivity contribution in [1.29, 1.82) is 0 Å². The van der Waals surface area contributed by atoms with Crippen molar-refractivity contribution in [3.63, 3.8) is 0 Å². The van der Waals surface area contributed by atoms with Gasteiger partial charge in [-0.05, 0) is 25.2 Å². The van der Waals surface area contributed by atoms with E-state index >= 15 is 4.39 Å². The van der Waals surface area contributed by atoms with E-state index in [1.165, 1.54) is 17.7 Å². The van der Waals surface area contributed by atoms with Gasteiger partial charge in [0.25, 0.3) is 0 Å². The van der Waals surface area contributed by atoms with Crippen molar-refractivity contribution in [1.82, 2.24) is 19.9 Å². The highest BCUT2D eigenvalue weighted by Crippen LogP contribution is 2.37. The number of hydrogen-bond donors (Lipinski definition) is 1. The Morgan fingerprint density at radius 1 is 1.12 bits per heavy atom. The van der Waals surface area contributed by atoms with Gasteiger partial charge in [0, 0.05) is 43.9 Å². The summed E-state index contributed by atoms with van der Waals surface area (Å²) in [5.41, 5.74) is 4.46. The van der Waals surface area contributed by atoms with Crippen molar-refractivity contribution < 1.29 is 13.9 Å². The van der Waals surface area contributed by atoms with Crippen molar-refractivity contribution in [2.75, 3.05) is 63.3 Å². The van der Waals surface area contributed by atoms with Gasteiger partial charge in [-0.1, -0.05) is 0 Å². The van der Waals surface area contributed by atoms with Gasteiger partial charge in [-0.2, -0.15) is 0 Å². The summed E-state index contributed by atoms with van der Waals surface area (Å²) in [4.78, 5) is 17.9. The van der Waals surface area contributed by atoms with E-state index in [4.69, 9.17) is 9.47 Å². The molecule has 0 amide bonds. The maximum atomic E-state index is 15.1. The SMILES string of the molecule is CN1CCN(c2cc(OCC3COC3)c3c(Nc4ccc5ncsc5c4F)ncnc3c2)CC1. The monoisotopic (exact) mass is 480 g/mol. The quantitative estimate of drug-likeness (QED) is 0.445. The number of piperazine rings is 1. The minimum Gasteiger partial charge on any atom is -0.492 e. The first-order valence-corrected chi connectivity index (χ1v) is 12.2. The number of rotatable bonds is 6. The molecule has 1 N–H and O–H groups in total. The second kappa shape index (κ2) is 8.94. The molecular weight excluding hydrogens is 455 g/mol. The topological polar surface area (TPSA) is 75.6 Å². The summed E-state index contributed by atoms with van der Waals surface area (Å²) in [6.07, 6.45) is 1.51. The highest BCUT2D eigenvalue weighted by Gasteiger charge is 2.23. The average molecular weight is 481 g/mol. The molecule has 0 radical (unpaired) electrons. The Hall–Kier alpha value is -3.08. The third-order valence-electron chi connectivity index (χ3n) is 6.43. The first-order valence-electron chi connectivity index (χ1n) is 11.4. The van der Waals surface area contributed by atoms with Crippen molar-refractivity contribution in [2.24, 2.45) is 5.92 Å². The van der Waals surface area contributed by atoms with E-state index in [2.05, 4.69) is 49.2 Å². The Morgan fingerprint density at radius 3 is 2.76 bits per heavy atom. The zero-order chi connectivity index (χ0) is 23.1. The van der Waals surface area contributed by atoms with Gasteiger partial charge in [0.15, 0.2) is 5.82 Å². The molecule has 0 bridgehead atoms. The first-order chi connectivity index (χ1) is 16.7. The highest BCUT2D eigenvalue weighted by atomic mass is 32.1. The highest BCUT2D eigenvalue weighted by molar-refractivity contribution is 7.16. The predicted octanol–water partition coefficient (Wildman–Crippen LogP) is 3.90. The summed E-state index contributed by atoms with van der Waals surface area (Å²) in [5, 5.41) is 3.93. The zero-order valence-electron chi connectivity index (χ0n) is 18.8. The van der Waals surface area contributed by atoms with Crippen molar-refractivity contribution in [2.45, 2.75) is 0 Å². The minimum absolute atomic E-state index is 0.338. The molecule has 2 aliphatic heterocycles. The van der Waals surface area contributed by atoms with Crippen LogP contribution in [0.15, 0.2) is 36.1 Å². The lowest BCUT2D eigenvalue weighted by Gasteiger charge is -2.34. The summed E-state index contributed by atoms with van der Waals surface area (Å²) < 4.78 is 27.3. The molecule has 2 aliphatic rings. The molecule has 2 saturated heterocycles. The van der Waals surface area contributed by atoms with Crippen LogP contribution in [0, 0.1) is 11.7 Å². The molecule has 0 atom stereocenters. The van der Waals surface area contributed by atoms with E-state index in [1.807, 2.05) is 0 Å². The Balaban J connectivity index is 1.40. The molecule has 0 spiro atoms. The van der Waals surface area contributed by atoms with E-state index in [0.717, 1.165) is 42.8 Å². The maximum Gasteiger partial charge on any atom is 0.166 e. The Morgan fingerprint density at radius 2 is 1.97 bits per heavy atom. The molecule has 6 rings (SSSR count). The molecule has 10 heteroatoms. The summed E-state index contributed by atoms with van der Waals surface area (Å²) in [5.74, 6) is 1.24. The Labute approximate surface area is 200 Å². The summed E-state index contributed by atoms with van der Waals surface area (Å²) in [7, 11) is 2.14. The standard InChI is InChI=1S/C24H25FN6O2S/c1-30-4-6-31(7-5-30)16-8-19-21(20(9-16)33-12-15-10-32-11-15)24(27-13-26-19)29-17-2-3-18-23(22(17)25)34-14-28-18/h2-3,8-9,13-15H,4-7,10-12H2,1H3,(H,26,27,29). The van der Waals surface area contributed by atoms with Crippen LogP contribution in [0.5, 0.6) is 5.75 Å². The largest absolute Gasteiger partial charge is 0.492 e. The van der Waals surface area contributed by atoms with E-state index in [-0.39, 0.29) is 5.82 Å². The number of nitrogens with zero attached hydrogens (tertiary/aromatic N) is 5. The van der Waals surface area contributed by atoms with Crippen LogP contribution in [-0.4, -0.2) is 72.9 Å². The Kier molecular flexibility index (Phi) is 5.64. The summed E-state index contributed by atoms with van der Waals surface area (Å²) in [6, 6.07) is 7.62. The van der Waals surface area contributed by atoms with E-state index in [0.29, 0.717) is 53.2 Å². The second-order valence-corrected chi connectivity index (χ2v) is 9.67. The fourth-order valence-electron chi connectivity index (χ4n) is 4.30. The number of ether oxygens (including phenoxy) is 2. The zero-order valence-corrected chi connectivity index (χ0v) is 19.6. The number of hydrogen-bond acceptors (Lipinski definition) is 9. The van der Waals surface area contributed by atoms with Gasteiger partial charge in [0.2, 0.25) is 0 Å². The van der Waals surface area contributed by atoms with Crippen molar-refractivity contribution in [3.8, 4) is 5.75 Å². The molecule has 0 saturated carbocycles. The molecule has 8 nitrogen and oxygen atoms in total. The number of aromatic nitrogens is 3. The van der Waals surface area contributed by atoms with E-state index in [1.54, 1.807) is 17.6 Å². The molecule has 0 aliphatic carbocycles.